The van der Waals surface area contributed by atoms with Crippen molar-refractivity contribution in [3.8, 4) is 0 Å². The molecular weight excluding hydrogens is 1380 g/mol. The average molecular weight is 1530 g/mol. The molecule has 610 valence electrons. The van der Waals surface area contributed by atoms with Crippen LogP contribution in [-0.2, 0) is 65.4 Å². The number of esters is 4. The van der Waals surface area contributed by atoms with Crippen LogP contribution >= 0.6 is 15.6 Å². The standard InChI is InChI=1S/C87H150O17P2/c1-5-9-13-17-21-25-29-33-36-38-40-42-45-49-52-56-60-64-68-72-85(90)98-78-83(104-87(92)74-70-66-62-58-54-50-46-43-41-39-37-34-30-26-22-18-14-10-6-2)80-102-106(95,96)100-76-81(88)75-99-105(93,94)101-79-82(103-86(91)73-69-65-61-57-53-47-32-28-24-20-16-12-8-4)77-97-84(89)71-67-63-59-55-51-48-44-35-31-27-23-19-15-11-7-3/h9,13,21-23,25-27,33-37,40-44,49,52,81-83,88H,5-8,10-12,14-20,24,28-32,38-39,45-48,50-51,53-80H2,1-4H3,(H,93,94)(H,95,96)/b13-9-,25-21-,26-22-,27-23-,36-33-,37-34-,42-40-,43-41-,44-35-,52-49-. The van der Waals surface area contributed by atoms with Crippen LogP contribution in [-0.4, -0.2) is 96.7 Å². The molecule has 0 heterocycles. The fourth-order valence-electron chi connectivity index (χ4n) is 11.0. The third-order valence-corrected chi connectivity index (χ3v) is 19.3. The summed E-state index contributed by atoms with van der Waals surface area (Å²) in [5.74, 6) is -2.23. The van der Waals surface area contributed by atoms with Crippen molar-refractivity contribution in [2.75, 3.05) is 39.6 Å². The minimum Gasteiger partial charge on any atom is -0.462 e. The van der Waals surface area contributed by atoms with Crippen molar-refractivity contribution in [3.63, 3.8) is 0 Å². The molecule has 0 saturated heterocycles. The maximum absolute atomic E-state index is 13.1. The van der Waals surface area contributed by atoms with E-state index in [1.54, 1.807) is 0 Å². The Kier molecular flexibility index (Phi) is 75.2. The van der Waals surface area contributed by atoms with Crippen molar-refractivity contribution in [2.24, 2.45) is 0 Å². The molecule has 3 N–H and O–H groups in total. The van der Waals surface area contributed by atoms with Crippen LogP contribution in [0.25, 0.3) is 0 Å². The number of allylic oxidation sites excluding steroid dienone is 20. The van der Waals surface area contributed by atoms with Crippen molar-refractivity contribution < 1.29 is 80.2 Å². The largest absolute Gasteiger partial charge is 0.472 e. The van der Waals surface area contributed by atoms with Gasteiger partial charge in [0.05, 0.1) is 26.4 Å². The summed E-state index contributed by atoms with van der Waals surface area (Å²) in [6.45, 7) is 4.68. The van der Waals surface area contributed by atoms with Gasteiger partial charge in [0.15, 0.2) is 12.2 Å². The molecule has 0 amide bonds. The molecule has 0 rings (SSSR count). The van der Waals surface area contributed by atoms with Gasteiger partial charge in [-0.1, -0.05) is 303 Å². The molecule has 106 heavy (non-hydrogen) atoms. The molecule has 5 atom stereocenters. The minimum absolute atomic E-state index is 0.0706. The van der Waals surface area contributed by atoms with E-state index in [0.29, 0.717) is 25.7 Å². The summed E-state index contributed by atoms with van der Waals surface area (Å²) in [6, 6.07) is 0. The van der Waals surface area contributed by atoms with Crippen LogP contribution in [0.3, 0.4) is 0 Å². The van der Waals surface area contributed by atoms with Crippen LogP contribution in [0.15, 0.2) is 122 Å². The molecule has 0 aromatic carbocycles. The van der Waals surface area contributed by atoms with E-state index in [1.807, 2.05) is 0 Å². The molecule has 0 saturated carbocycles. The van der Waals surface area contributed by atoms with Gasteiger partial charge in [0, 0.05) is 25.7 Å². The highest BCUT2D eigenvalue weighted by atomic mass is 31.2. The van der Waals surface area contributed by atoms with Crippen molar-refractivity contribution in [1.82, 2.24) is 0 Å². The number of phosphoric acid groups is 2. The van der Waals surface area contributed by atoms with Gasteiger partial charge in [0.25, 0.3) is 0 Å². The number of rotatable bonds is 78. The number of phosphoric ester groups is 2. The predicted molar refractivity (Wildman–Crippen MR) is 436 cm³/mol. The molecule has 0 radical (unpaired) electrons. The molecule has 19 heteroatoms. The number of hydrogen-bond donors (Lipinski definition) is 3. The third-order valence-electron chi connectivity index (χ3n) is 17.4. The Morgan fingerprint density at radius 2 is 0.491 bits per heavy atom. The quantitative estimate of drug-likeness (QED) is 0.0169. The number of hydrogen-bond acceptors (Lipinski definition) is 15. The second-order valence-corrected chi connectivity index (χ2v) is 30.6. The van der Waals surface area contributed by atoms with E-state index >= 15 is 0 Å². The molecule has 0 aromatic heterocycles. The average Bonchev–Trinajstić information content (AvgIpc) is 0.903. The van der Waals surface area contributed by atoms with Gasteiger partial charge in [-0.2, -0.15) is 0 Å². The predicted octanol–water partition coefficient (Wildman–Crippen LogP) is 24.7. The first kappa shape index (κ1) is 101. The first-order chi connectivity index (χ1) is 51.7. The first-order valence-electron chi connectivity index (χ1n) is 41.8. The molecule has 0 spiro atoms. The van der Waals surface area contributed by atoms with E-state index in [1.165, 1.54) is 89.9 Å². The lowest BCUT2D eigenvalue weighted by molar-refractivity contribution is -0.161. The monoisotopic (exact) mass is 1530 g/mol. The van der Waals surface area contributed by atoms with E-state index in [4.69, 9.17) is 37.0 Å². The Bertz CT molecular complexity index is 2480. The van der Waals surface area contributed by atoms with Crippen molar-refractivity contribution in [2.45, 2.75) is 367 Å². The van der Waals surface area contributed by atoms with Crippen LogP contribution in [0.5, 0.6) is 0 Å². The van der Waals surface area contributed by atoms with Gasteiger partial charge < -0.3 is 33.8 Å². The Morgan fingerprint density at radius 1 is 0.274 bits per heavy atom. The van der Waals surface area contributed by atoms with E-state index in [2.05, 4.69) is 149 Å². The lowest BCUT2D eigenvalue weighted by Crippen LogP contribution is -2.30. The van der Waals surface area contributed by atoms with Gasteiger partial charge in [-0.3, -0.25) is 37.3 Å². The Labute approximate surface area is 644 Å². The van der Waals surface area contributed by atoms with E-state index in [0.717, 1.165) is 180 Å². The number of unbranched alkanes of at least 4 members (excludes halogenated alkanes) is 32. The fourth-order valence-corrected chi connectivity index (χ4v) is 12.6. The summed E-state index contributed by atoms with van der Waals surface area (Å²) in [5.41, 5.74) is 0. The zero-order valence-corrected chi connectivity index (χ0v) is 68.6. The maximum atomic E-state index is 13.1. The number of carbonyl (C=O) groups excluding carboxylic acids is 4. The lowest BCUT2D eigenvalue weighted by atomic mass is 10.0. The van der Waals surface area contributed by atoms with Gasteiger partial charge in [0.2, 0.25) is 0 Å². The molecule has 0 aliphatic carbocycles. The molecule has 0 bridgehead atoms. The molecule has 0 aromatic rings. The van der Waals surface area contributed by atoms with Gasteiger partial charge in [-0.05, 0) is 141 Å². The SMILES string of the molecule is CC/C=C\C/C=C\C/C=C\C/C=C\C/C=C\CCCCCC(=O)OCC(COP(=O)(O)OCC(O)COP(=O)(O)OCC(COC(=O)CCCCCCC/C=C\C/C=C\CCCCC)OC(=O)CCCCCCCCCCCCCCC)OC(=O)CCCCCCCC/C=C\C/C=C\C/C=C\CCCCC. The van der Waals surface area contributed by atoms with E-state index < -0.39 is 97.5 Å². The van der Waals surface area contributed by atoms with Crippen LogP contribution in [0.4, 0.5) is 0 Å². The molecule has 17 nitrogen and oxygen atoms in total. The van der Waals surface area contributed by atoms with E-state index in [-0.39, 0.29) is 25.7 Å². The Hall–Kier alpha value is -4.54. The summed E-state index contributed by atoms with van der Waals surface area (Å²) < 4.78 is 68.7. The highest BCUT2D eigenvalue weighted by molar-refractivity contribution is 7.47. The number of aliphatic hydroxyl groups is 1. The number of aliphatic hydroxyl groups excluding tert-OH is 1. The summed E-state index contributed by atoms with van der Waals surface area (Å²) >= 11 is 0. The van der Waals surface area contributed by atoms with Crippen LogP contribution in [0.2, 0.25) is 0 Å². The van der Waals surface area contributed by atoms with Crippen molar-refractivity contribution in [3.05, 3.63) is 122 Å². The number of carbonyl (C=O) groups is 4. The molecule has 5 unspecified atom stereocenters. The van der Waals surface area contributed by atoms with Crippen LogP contribution < -0.4 is 0 Å². The summed E-state index contributed by atoms with van der Waals surface area (Å²) in [6.07, 6.45) is 87.3. The first-order valence-corrected chi connectivity index (χ1v) is 44.8. The maximum Gasteiger partial charge on any atom is 0.472 e. The number of ether oxygens (including phenoxy) is 4. The lowest BCUT2D eigenvalue weighted by Gasteiger charge is -2.21. The second-order valence-electron chi connectivity index (χ2n) is 27.7. The highest BCUT2D eigenvalue weighted by Crippen LogP contribution is 2.45. The summed E-state index contributed by atoms with van der Waals surface area (Å²) in [7, 11) is -9.98. The third kappa shape index (κ3) is 77.6. The molecular formula is C87H150O17P2. The Morgan fingerprint density at radius 3 is 0.783 bits per heavy atom. The minimum atomic E-state index is -4.99. The fraction of sp³-hybridized carbons (Fsp3) is 0.724. The van der Waals surface area contributed by atoms with Gasteiger partial charge in [-0.25, -0.2) is 9.13 Å². The highest BCUT2D eigenvalue weighted by Gasteiger charge is 2.30. The molecule has 0 aliphatic heterocycles. The van der Waals surface area contributed by atoms with Gasteiger partial charge in [0.1, 0.15) is 19.3 Å². The summed E-state index contributed by atoms with van der Waals surface area (Å²) in [4.78, 5) is 73.1. The smallest absolute Gasteiger partial charge is 0.462 e. The van der Waals surface area contributed by atoms with Crippen LogP contribution in [0, 0.1) is 0 Å². The topological polar surface area (TPSA) is 237 Å². The normalized spacial score (nSPS) is 14.4. The van der Waals surface area contributed by atoms with Gasteiger partial charge in [-0.15, -0.1) is 0 Å². The van der Waals surface area contributed by atoms with E-state index in [9.17, 15) is 43.2 Å². The van der Waals surface area contributed by atoms with Crippen molar-refractivity contribution >= 4 is 39.5 Å². The van der Waals surface area contributed by atoms with Crippen LogP contribution in [0.1, 0.15) is 349 Å². The Balaban J connectivity index is 5.41. The van der Waals surface area contributed by atoms with Gasteiger partial charge >= 0.3 is 39.5 Å². The second kappa shape index (κ2) is 78.6. The molecule has 0 aliphatic rings. The molecule has 0 fully saturated rings. The van der Waals surface area contributed by atoms with Crippen molar-refractivity contribution in [1.29, 1.82) is 0 Å². The summed E-state index contributed by atoms with van der Waals surface area (Å²) in [5, 5.41) is 10.7. The zero-order chi connectivity index (χ0) is 77.4. The zero-order valence-electron chi connectivity index (χ0n) is 66.8.